The van der Waals surface area contributed by atoms with E-state index in [2.05, 4.69) is 5.92 Å². The highest BCUT2D eigenvalue weighted by Crippen LogP contribution is 2.27. The van der Waals surface area contributed by atoms with Crippen LogP contribution in [0.5, 0.6) is 0 Å². The fraction of sp³-hybridized carbons (Fsp3) is 0. The molecule has 0 aliphatic carbocycles. The number of terminal acetylenes is 1. The van der Waals surface area contributed by atoms with Crippen LogP contribution >= 0.6 is 0 Å². The number of hydrogen-bond acceptors (Lipinski definition) is 7. The first-order valence-corrected chi connectivity index (χ1v) is 10.00. The molecule has 0 unspecified atom stereocenters. The second kappa shape index (κ2) is 10.3. The van der Waals surface area contributed by atoms with Crippen molar-refractivity contribution in [2.45, 2.75) is 0 Å². The van der Waals surface area contributed by atoms with E-state index in [1.807, 2.05) is 42.5 Å². The molecular formula is C29H9N7. The maximum Gasteiger partial charge on any atom is 0.101 e. The van der Waals surface area contributed by atoms with Gasteiger partial charge in [0.15, 0.2) is 0 Å². The molecule has 4 rings (SSSR count). The zero-order valence-electron chi connectivity index (χ0n) is 18.3. The van der Waals surface area contributed by atoms with Gasteiger partial charge in [0.05, 0.1) is 38.9 Å². The highest BCUT2D eigenvalue weighted by molar-refractivity contribution is 5.96. The Morgan fingerprint density at radius 3 is 0.833 bits per heavy atom. The summed E-state index contributed by atoms with van der Waals surface area (Å²) in [6.45, 7) is 0. The minimum absolute atomic E-state index is 0.232. The first-order valence-electron chi connectivity index (χ1n) is 10.00. The van der Waals surface area contributed by atoms with E-state index >= 15 is 0 Å². The molecular weight excluding hydrogens is 446 g/mol. The standard InChI is InChI=1S/C15H5N3.C14H4N4/c1-2-10-3-5-13-12(14(10)8-17)6-4-11(7-16)15(13)9-18;15-5-9-1-3-11-12(13(9)7-17)4-2-10(6-16)14(11)8-18/h1,3-6H;1-4H. The normalized spacial score (nSPS) is 8.89. The first kappa shape index (κ1) is 24.0. The number of fused-ring (bicyclic) bond motifs is 2. The van der Waals surface area contributed by atoms with Gasteiger partial charge in [0.25, 0.3) is 0 Å². The zero-order chi connectivity index (χ0) is 26.2. The lowest BCUT2D eigenvalue weighted by molar-refractivity contribution is 1.43. The lowest BCUT2D eigenvalue weighted by Gasteiger charge is -2.05. The Labute approximate surface area is 206 Å². The van der Waals surface area contributed by atoms with Gasteiger partial charge in [-0.15, -0.1) is 6.42 Å². The molecule has 0 saturated carbocycles. The molecule has 0 radical (unpaired) electrons. The topological polar surface area (TPSA) is 167 Å². The van der Waals surface area contributed by atoms with Gasteiger partial charge in [-0.2, -0.15) is 36.8 Å². The predicted molar refractivity (Wildman–Crippen MR) is 129 cm³/mol. The summed E-state index contributed by atoms with van der Waals surface area (Å²) in [5.74, 6) is 2.43. The molecule has 160 valence electrons. The van der Waals surface area contributed by atoms with Crippen LogP contribution in [0.25, 0.3) is 21.5 Å². The molecule has 0 heterocycles. The molecule has 0 N–H and O–H groups in total. The van der Waals surface area contributed by atoms with Crippen LogP contribution in [0.2, 0.25) is 0 Å². The van der Waals surface area contributed by atoms with Crippen LogP contribution in [0, 0.1) is 91.7 Å². The summed E-state index contributed by atoms with van der Waals surface area (Å²) >= 11 is 0. The molecule has 0 fully saturated rings. The lowest BCUT2D eigenvalue weighted by Crippen LogP contribution is -1.91. The summed E-state index contributed by atoms with van der Waals surface area (Å²) < 4.78 is 0. The molecule has 4 aromatic carbocycles. The Kier molecular flexibility index (Phi) is 6.90. The van der Waals surface area contributed by atoms with Crippen molar-refractivity contribution in [3.63, 3.8) is 0 Å². The molecule has 7 nitrogen and oxygen atoms in total. The van der Waals surface area contributed by atoms with Crippen molar-refractivity contribution in [1.82, 2.24) is 0 Å². The van der Waals surface area contributed by atoms with Crippen LogP contribution < -0.4 is 0 Å². The second-order valence-electron chi connectivity index (χ2n) is 7.07. The molecule has 0 aliphatic heterocycles. The van der Waals surface area contributed by atoms with Crippen molar-refractivity contribution in [1.29, 1.82) is 36.8 Å². The molecule has 7 heteroatoms. The third-order valence-electron chi connectivity index (χ3n) is 5.37. The van der Waals surface area contributed by atoms with Gasteiger partial charge in [-0.05, 0) is 24.3 Å². The van der Waals surface area contributed by atoms with Gasteiger partial charge in [0.1, 0.15) is 42.5 Å². The largest absolute Gasteiger partial charge is 0.192 e. The monoisotopic (exact) mass is 455 g/mol. The minimum atomic E-state index is 0.232. The van der Waals surface area contributed by atoms with E-state index in [0.717, 1.165) is 0 Å². The summed E-state index contributed by atoms with van der Waals surface area (Å²) in [4.78, 5) is 0. The second-order valence-corrected chi connectivity index (χ2v) is 7.07. The van der Waals surface area contributed by atoms with Gasteiger partial charge in [0, 0.05) is 27.1 Å². The number of benzene rings is 4. The molecule has 4 aromatic rings. The molecule has 0 aliphatic rings. The van der Waals surface area contributed by atoms with E-state index in [1.54, 1.807) is 30.3 Å². The predicted octanol–water partition coefficient (Wildman–Crippen LogP) is 4.76. The van der Waals surface area contributed by atoms with Crippen molar-refractivity contribution >= 4 is 21.5 Å². The molecule has 0 spiro atoms. The van der Waals surface area contributed by atoms with E-state index in [9.17, 15) is 0 Å². The first-order chi connectivity index (χ1) is 17.5. The van der Waals surface area contributed by atoms with Crippen molar-refractivity contribution in [2.75, 3.05) is 0 Å². The Balaban J connectivity index is 0.000000201. The number of nitriles is 7. The molecule has 0 atom stereocenters. The van der Waals surface area contributed by atoms with E-state index in [1.165, 1.54) is 18.2 Å². The van der Waals surface area contributed by atoms with Crippen molar-refractivity contribution in [3.05, 3.63) is 93.0 Å². The van der Waals surface area contributed by atoms with Crippen LogP contribution in [-0.2, 0) is 0 Å². The van der Waals surface area contributed by atoms with Crippen LogP contribution in [0.15, 0.2) is 48.5 Å². The smallest absolute Gasteiger partial charge is 0.101 e. The Hall–Kier alpha value is -6.61. The summed E-state index contributed by atoms with van der Waals surface area (Å²) in [5, 5.41) is 65.4. The van der Waals surface area contributed by atoms with Crippen LogP contribution in [0.3, 0.4) is 0 Å². The van der Waals surface area contributed by atoms with E-state index < -0.39 is 0 Å². The van der Waals surface area contributed by atoms with E-state index in [4.69, 9.17) is 43.3 Å². The van der Waals surface area contributed by atoms with Crippen molar-refractivity contribution in [2.24, 2.45) is 0 Å². The van der Waals surface area contributed by atoms with Crippen LogP contribution in [0.4, 0.5) is 0 Å². The number of rotatable bonds is 0. The molecule has 0 saturated heterocycles. The summed E-state index contributed by atoms with van der Waals surface area (Å²) in [7, 11) is 0. The minimum Gasteiger partial charge on any atom is -0.192 e. The third-order valence-corrected chi connectivity index (χ3v) is 5.37. The SMILES string of the molecule is C#Cc1ccc2c(C#N)c(C#N)ccc2c1C#N.N#Cc1ccc2c(C#N)c(C#N)ccc2c1C#N. The fourth-order valence-electron chi connectivity index (χ4n) is 3.69. The zero-order valence-corrected chi connectivity index (χ0v) is 18.3. The van der Waals surface area contributed by atoms with E-state index in [-0.39, 0.29) is 27.8 Å². The Morgan fingerprint density at radius 2 is 0.611 bits per heavy atom. The maximum atomic E-state index is 9.14. The quantitative estimate of drug-likeness (QED) is 0.344. The maximum absolute atomic E-state index is 9.14. The Bertz CT molecular complexity index is 1640. The average molecular weight is 455 g/mol. The van der Waals surface area contributed by atoms with Crippen LogP contribution in [-0.4, -0.2) is 0 Å². The van der Waals surface area contributed by atoms with Gasteiger partial charge in [-0.1, -0.05) is 30.2 Å². The molecule has 0 bridgehead atoms. The number of nitrogens with zero attached hydrogens (tertiary/aromatic N) is 7. The van der Waals surface area contributed by atoms with Crippen LogP contribution in [0.1, 0.15) is 44.5 Å². The molecule has 36 heavy (non-hydrogen) atoms. The lowest BCUT2D eigenvalue weighted by atomic mass is 9.94. The summed E-state index contributed by atoms with van der Waals surface area (Å²) in [6.07, 6.45) is 5.33. The average Bonchev–Trinajstić information content (AvgIpc) is 2.94. The third kappa shape index (κ3) is 3.96. The van der Waals surface area contributed by atoms with Gasteiger partial charge < -0.3 is 0 Å². The molecule has 0 amide bonds. The highest BCUT2D eigenvalue weighted by atomic mass is 14.3. The highest BCUT2D eigenvalue weighted by Gasteiger charge is 2.13. The fourth-order valence-corrected chi connectivity index (χ4v) is 3.69. The van der Waals surface area contributed by atoms with Gasteiger partial charge in [-0.25, -0.2) is 0 Å². The Morgan fingerprint density at radius 1 is 0.361 bits per heavy atom. The van der Waals surface area contributed by atoms with Crippen molar-refractivity contribution < 1.29 is 0 Å². The van der Waals surface area contributed by atoms with Gasteiger partial charge in [-0.3, -0.25) is 0 Å². The number of hydrogen-bond donors (Lipinski definition) is 0. The summed E-state index contributed by atoms with van der Waals surface area (Å²) in [5.41, 5.74) is 2.40. The summed E-state index contributed by atoms with van der Waals surface area (Å²) in [6, 6.07) is 26.4. The van der Waals surface area contributed by atoms with Crippen molar-refractivity contribution in [3.8, 4) is 54.8 Å². The van der Waals surface area contributed by atoms with E-state index in [0.29, 0.717) is 38.2 Å². The molecule has 0 aromatic heterocycles. The van der Waals surface area contributed by atoms with Gasteiger partial charge in [0.2, 0.25) is 0 Å². The van der Waals surface area contributed by atoms with Gasteiger partial charge >= 0.3 is 0 Å².